The maximum Gasteiger partial charge on any atom is 0.142 e. The van der Waals surface area contributed by atoms with Crippen LogP contribution in [0.1, 0.15) is 70.3 Å². The lowest BCUT2D eigenvalue weighted by Gasteiger charge is -2.35. The first-order valence-electron chi connectivity index (χ1n) is 13.9. The van der Waals surface area contributed by atoms with Crippen LogP contribution in [0.5, 0.6) is 11.5 Å². The number of hydrogen-bond acceptors (Lipinski definition) is 6. The first-order chi connectivity index (χ1) is 18.6. The number of methoxy groups -OCH3 is 2. The Balaban J connectivity index is 1.51. The molecule has 38 heavy (non-hydrogen) atoms. The summed E-state index contributed by atoms with van der Waals surface area (Å²) in [6.45, 7) is 4.66. The quantitative estimate of drug-likeness (QED) is 0.229. The number of fused-ring (bicyclic) bond motifs is 1. The van der Waals surface area contributed by atoms with Crippen molar-refractivity contribution in [3.8, 4) is 22.6 Å². The van der Waals surface area contributed by atoms with Gasteiger partial charge in [0.25, 0.3) is 0 Å². The number of aromatic nitrogens is 2. The lowest BCUT2D eigenvalue weighted by atomic mass is 9.71. The molecule has 3 atom stereocenters. The molecule has 2 aromatic carbocycles. The minimum absolute atomic E-state index is 0.478. The average molecular weight is 514 g/mol. The smallest absolute Gasteiger partial charge is 0.142 e. The molecule has 200 valence electrons. The average Bonchev–Trinajstić information content (AvgIpc) is 3.51. The molecule has 0 aliphatic heterocycles. The molecule has 5 rings (SSSR count). The van der Waals surface area contributed by atoms with Gasteiger partial charge in [0, 0.05) is 17.0 Å². The van der Waals surface area contributed by atoms with Crippen molar-refractivity contribution in [2.45, 2.75) is 64.7 Å². The second-order valence-electron chi connectivity index (χ2n) is 10.5. The summed E-state index contributed by atoms with van der Waals surface area (Å²) in [4.78, 5) is 9.24. The molecule has 6 heteroatoms. The van der Waals surface area contributed by atoms with Crippen molar-refractivity contribution in [1.29, 1.82) is 0 Å². The van der Waals surface area contributed by atoms with Crippen LogP contribution in [0.4, 0.5) is 11.5 Å². The number of rotatable bonds is 10. The molecule has 1 saturated carbocycles. The molecule has 4 aromatic rings. The number of ether oxygens (including phenoxy) is 2. The standard InChI is InChI=1S/C32H39N3O3/c1-5-8-21(6-2)22-9-7-10-24(15-22)26-17-27-28(18-31(26)37-4)33-20-34-32(27)35-29-16-23(11-12-30(29)36-3)25-13-14-38-19-25/h11-14,16-22,24H,5-10,15H2,1-4H3,(H,33,34,35). The van der Waals surface area contributed by atoms with E-state index >= 15 is 0 Å². The first-order valence-corrected chi connectivity index (χ1v) is 13.9. The minimum Gasteiger partial charge on any atom is -0.496 e. The normalized spacial score (nSPS) is 18.3. The van der Waals surface area contributed by atoms with Crippen LogP contribution < -0.4 is 14.8 Å². The molecular weight excluding hydrogens is 474 g/mol. The molecule has 0 amide bonds. The zero-order valence-electron chi connectivity index (χ0n) is 23.0. The highest BCUT2D eigenvalue weighted by Crippen LogP contribution is 2.45. The number of nitrogens with zero attached hydrogens (tertiary/aromatic N) is 2. The van der Waals surface area contributed by atoms with E-state index in [1.165, 1.54) is 50.5 Å². The summed E-state index contributed by atoms with van der Waals surface area (Å²) < 4.78 is 16.9. The van der Waals surface area contributed by atoms with Crippen LogP contribution in [0.2, 0.25) is 0 Å². The van der Waals surface area contributed by atoms with E-state index in [9.17, 15) is 0 Å². The lowest BCUT2D eigenvalue weighted by Crippen LogP contribution is -2.22. The number of anilines is 2. The van der Waals surface area contributed by atoms with Crippen LogP contribution in [0, 0.1) is 11.8 Å². The molecular formula is C32H39N3O3. The highest BCUT2D eigenvalue weighted by atomic mass is 16.5. The monoisotopic (exact) mass is 513 g/mol. The molecule has 3 unspecified atom stereocenters. The third-order valence-electron chi connectivity index (χ3n) is 8.30. The van der Waals surface area contributed by atoms with E-state index in [0.717, 1.165) is 56.9 Å². The summed E-state index contributed by atoms with van der Waals surface area (Å²) in [6.07, 6.45) is 13.9. The molecule has 1 aliphatic rings. The van der Waals surface area contributed by atoms with Crippen molar-refractivity contribution < 1.29 is 13.9 Å². The van der Waals surface area contributed by atoms with Gasteiger partial charge in [-0.3, -0.25) is 0 Å². The number of nitrogens with one attached hydrogen (secondary N) is 1. The predicted octanol–water partition coefficient (Wildman–Crippen LogP) is 8.75. The Morgan fingerprint density at radius 2 is 1.87 bits per heavy atom. The SMILES string of the molecule is CCCC(CC)C1CCCC(c2cc3c(Nc4cc(-c5ccoc5)ccc4OC)ncnc3cc2OC)C1. The summed E-state index contributed by atoms with van der Waals surface area (Å²) in [5.74, 6) is 4.49. The van der Waals surface area contributed by atoms with Gasteiger partial charge in [-0.25, -0.2) is 9.97 Å². The zero-order valence-corrected chi connectivity index (χ0v) is 23.0. The van der Waals surface area contributed by atoms with Crippen LogP contribution in [-0.4, -0.2) is 24.2 Å². The van der Waals surface area contributed by atoms with Crippen molar-refractivity contribution in [1.82, 2.24) is 9.97 Å². The van der Waals surface area contributed by atoms with Gasteiger partial charge in [0.05, 0.1) is 38.0 Å². The molecule has 1 N–H and O–H groups in total. The Hall–Kier alpha value is -3.54. The predicted molar refractivity (Wildman–Crippen MR) is 153 cm³/mol. The van der Waals surface area contributed by atoms with Gasteiger partial charge < -0.3 is 19.2 Å². The third kappa shape index (κ3) is 5.35. The molecule has 2 heterocycles. The minimum atomic E-state index is 0.478. The molecule has 0 bridgehead atoms. The van der Waals surface area contributed by atoms with Crippen molar-refractivity contribution in [2.24, 2.45) is 11.8 Å². The van der Waals surface area contributed by atoms with Crippen LogP contribution in [-0.2, 0) is 0 Å². The Labute approximate surface area is 225 Å². The lowest BCUT2D eigenvalue weighted by molar-refractivity contribution is 0.209. The number of hydrogen-bond donors (Lipinski definition) is 1. The Morgan fingerprint density at radius 1 is 1.00 bits per heavy atom. The van der Waals surface area contributed by atoms with Gasteiger partial charge in [-0.2, -0.15) is 0 Å². The van der Waals surface area contributed by atoms with E-state index < -0.39 is 0 Å². The maximum atomic E-state index is 5.92. The third-order valence-corrected chi connectivity index (χ3v) is 8.30. The fourth-order valence-electron chi connectivity index (χ4n) is 6.32. The summed E-state index contributed by atoms with van der Waals surface area (Å²) in [6, 6.07) is 12.3. The summed E-state index contributed by atoms with van der Waals surface area (Å²) >= 11 is 0. The van der Waals surface area contributed by atoms with E-state index in [-0.39, 0.29) is 0 Å². The Bertz CT molecular complexity index is 1350. The summed E-state index contributed by atoms with van der Waals surface area (Å²) in [5.41, 5.74) is 5.02. The largest absolute Gasteiger partial charge is 0.496 e. The summed E-state index contributed by atoms with van der Waals surface area (Å²) in [5, 5.41) is 4.53. The molecule has 1 fully saturated rings. The van der Waals surface area contributed by atoms with Gasteiger partial charge in [0.15, 0.2) is 0 Å². The highest BCUT2D eigenvalue weighted by Gasteiger charge is 2.30. The molecule has 6 nitrogen and oxygen atoms in total. The van der Waals surface area contributed by atoms with Gasteiger partial charge in [0.1, 0.15) is 23.6 Å². The van der Waals surface area contributed by atoms with Gasteiger partial charge in [-0.05, 0) is 66.0 Å². The van der Waals surface area contributed by atoms with Crippen LogP contribution in [0.15, 0.2) is 59.7 Å². The van der Waals surface area contributed by atoms with Gasteiger partial charge in [-0.15, -0.1) is 0 Å². The molecule has 1 aliphatic carbocycles. The van der Waals surface area contributed by atoms with Crippen molar-refractivity contribution >= 4 is 22.4 Å². The second-order valence-corrected chi connectivity index (χ2v) is 10.5. The van der Waals surface area contributed by atoms with Gasteiger partial charge in [0.2, 0.25) is 0 Å². The van der Waals surface area contributed by atoms with Gasteiger partial charge >= 0.3 is 0 Å². The molecule has 0 radical (unpaired) electrons. The summed E-state index contributed by atoms with van der Waals surface area (Å²) in [7, 11) is 3.45. The van der Waals surface area contributed by atoms with Crippen LogP contribution in [0.3, 0.4) is 0 Å². The molecule has 0 saturated heterocycles. The van der Waals surface area contributed by atoms with E-state index in [1.807, 2.05) is 18.2 Å². The molecule has 2 aromatic heterocycles. The highest BCUT2D eigenvalue weighted by molar-refractivity contribution is 5.93. The number of benzene rings is 2. The Morgan fingerprint density at radius 3 is 2.61 bits per heavy atom. The van der Waals surface area contributed by atoms with Crippen molar-refractivity contribution in [3.05, 3.63) is 60.8 Å². The number of furan rings is 1. The van der Waals surface area contributed by atoms with Crippen molar-refractivity contribution in [2.75, 3.05) is 19.5 Å². The first kappa shape index (κ1) is 26.1. The van der Waals surface area contributed by atoms with E-state index in [2.05, 4.69) is 47.3 Å². The Kier molecular flexibility index (Phi) is 8.16. The zero-order chi connectivity index (χ0) is 26.5. The second kappa shape index (κ2) is 11.9. The van der Waals surface area contributed by atoms with Gasteiger partial charge in [-0.1, -0.05) is 52.0 Å². The van der Waals surface area contributed by atoms with Crippen LogP contribution >= 0.6 is 0 Å². The van der Waals surface area contributed by atoms with E-state index in [1.54, 1.807) is 33.1 Å². The maximum absolute atomic E-state index is 5.92. The fourth-order valence-corrected chi connectivity index (χ4v) is 6.32. The van der Waals surface area contributed by atoms with E-state index in [0.29, 0.717) is 5.92 Å². The van der Waals surface area contributed by atoms with Crippen LogP contribution in [0.25, 0.3) is 22.0 Å². The molecule has 0 spiro atoms. The van der Waals surface area contributed by atoms with Crippen molar-refractivity contribution in [3.63, 3.8) is 0 Å². The topological polar surface area (TPSA) is 69.4 Å². The fraction of sp³-hybridized carbons (Fsp3) is 0.438. The van der Waals surface area contributed by atoms with E-state index in [4.69, 9.17) is 13.9 Å².